The Morgan fingerprint density at radius 1 is 1.26 bits per heavy atom. The van der Waals surface area contributed by atoms with Crippen LogP contribution in [-0.2, 0) is 9.84 Å². The van der Waals surface area contributed by atoms with Crippen LogP contribution in [-0.4, -0.2) is 24.6 Å². The summed E-state index contributed by atoms with van der Waals surface area (Å²) >= 11 is 0. The van der Waals surface area contributed by atoms with Gasteiger partial charge in [-0.1, -0.05) is 0 Å². The number of hydrogen-bond acceptors (Lipinski definition) is 6. The molecule has 0 fully saturated rings. The number of benzene rings is 1. The molecule has 1 heterocycles. The summed E-state index contributed by atoms with van der Waals surface area (Å²) in [4.78, 5) is 24.6. The Labute approximate surface area is 131 Å². The largest absolute Gasteiger partial charge is 0.325 e. The van der Waals surface area contributed by atoms with E-state index in [-0.39, 0.29) is 21.6 Å². The van der Waals surface area contributed by atoms with E-state index in [9.17, 15) is 23.3 Å². The van der Waals surface area contributed by atoms with E-state index in [0.717, 1.165) is 12.3 Å². The molecule has 0 spiro atoms. The highest BCUT2D eigenvalue weighted by molar-refractivity contribution is 7.90. The molecule has 9 heteroatoms. The number of aromatic amines is 1. The topological polar surface area (TPSA) is 134 Å². The Hall–Kier alpha value is -2.99. The molecule has 0 atom stereocenters. The number of sulfone groups is 1. The fourth-order valence-corrected chi connectivity index (χ4v) is 2.77. The molecule has 0 aliphatic heterocycles. The third kappa shape index (κ3) is 3.12. The van der Waals surface area contributed by atoms with Crippen LogP contribution in [0.2, 0.25) is 0 Å². The second kappa shape index (κ2) is 5.66. The van der Waals surface area contributed by atoms with Crippen molar-refractivity contribution in [2.75, 3.05) is 6.26 Å². The lowest BCUT2D eigenvalue weighted by Gasteiger charge is -2.08. The van der Waals surface area contributed by atoms with E-state index in [0.29, 0.717) is 5.69 Å². The van der Waals surface area contributed by atoms with Gasteiger partial charge in [-0.3, -0.25) is 14.9 Å². The minimum absolute atomic E-state index is 0.00755. The lowest BCUT2D eigenvalue weighted by molar-refractivity contribution is -0.384. The molecule has 8 nitrogen and oxygen atoms in total. The third-order valence-corrected chi connectivity index (χ3v) is 4.27. The second-order valence-electron chi connectivity index (χ2n) is 4.89. The summed E-state index contributed by atoms with van der Waals surface area (Å²) in [5.74, 6) is 0. The highest BCUT2D eigenvalue weighted by Crippen LogP contribution is 2.33. The van der Waals surface area contributed by atoms with E-state index in [1.165, 1.54) is 18.2 Å². The van der Waals surface area contributed by atoms with Crippen molar-refractivity contribution in [3.63, 3.8) is 0 Å². The molecule has 0 unspecified atom stereocenters. The fourth-order valence-electron chi connectivity index (χ4n) is 2.13. The summed E-state index contributed by atoms with van der Waals surface area (Å²) in [6.07, 6.45) is 0.934. The van der Waals surface area contributed by atoms with Crippen molar-refractivity contribution in [1.29, 1.82) is 5.26 Å². The number of nitro groups is 1. The minimum Gasteiger partial charge on any atom is -0.325 e. The Morgan fingerprint density at radius 3 is 2.43 bits per heavy atom. The monoisotopic (exact) mass is 333 g/mol. The predicted octanol–water partition coefficient (Wildman–Crippen LogP) is 1.53. The van der Waals surface area contributed by atoms with E-state index in [1.807, 2.05) is 0 Å². The maximum Gasteiger partial charge on any atom is 0.278 e. The average Bonchev–Trinajstić information content (AvgIpc) is 2.44. The van der Waals surface area contributed by atoms with Crippen molar-refractivity contribution in [1.82, 2.24) is 4.98 Å². The van der Waals surface area contributed by atoms with Gasteiger partial charge in [-0.2, -0.15) is 5.26 Å². The number of nitrogens with one attached hydrogen (secondary N) is 1. The van der Waals surface area contributed by atoms with Crippen LogP contribution in [0, 0.1) is 28.4 Å². The maximum atomic E-state index is 11.8. The molecule has 2 aromatic rings. The fraction of sp³-hybridized carbons (Fsp3) is 0.143. The van der Waals surface area contributed by atoms with Crippen LogP contribution >= 0.6 is 0 Å². The van der Waals surface area contributed by atoms with Gasteiger partial charge in [0.25, 0.3) is 11.2 Å². The number of aryl methyl sites for hydroxylation is 1. The second-order valence-corrected chi connectivity index (χ2v) is 6.91. The molecule has 0 saturated carbocycles. The molecule has 0 amide bonds. The van der Waals surface area contributed by atoms with Crippen molar-refractivity contribution >= 4 is 15.5 Å². The number of pyridine rings is 1. The first-order valence-electron chi connectivity index (χ1n) is 6.28. The molecule has 1 aromatic heterocycles. The number of nitro benzene ring substituents is 1. The molecule has 1 N–H and O–H groups in total. The van der Waals surface area contributed by atoms with Gasteiger partial charge in [0.15, 0.2) is 9.84 Å². The van der Waals surface area contributed by atoms with E-state index < -0.39 is 26.0 Å². The van der Waals surface area contributed by atoms with E-state index in [4.69, 9.17) is 5.26 Å². The lowest BCUT2D eigenvalue weighted by Crippen LogP contribution is -2.13. The number of H-pyrrole nitrogens is 1. The SMILES string of the molecule is Cc1cc(-c2ccc(S(C)(=O)=O)cc2[N+](=O)[O-])c(C#N)c(=O)[nH]1. The molecule has 0 aliphatic carbocycles. The van der Waals surface area contributed by atoms with Crippen LogP contribution in [0.25, 0.3) is 11.1 Å². The Balaban J connectivity index is 2.88. The molecule has 0 radical (unpaired) electrons. The van der Waals surface area contributed by atoms with Gasteiger partial charge in [-0.25, -0.2) is 8.42 Å². The highest BCUT2D eigenvalue weighted by Gasteiger charge is 2.22. The van der Waals surface area contributed by atoms with Crippen LogP contribution in [0.4, 0.5) is 5.69 Å². The molecule has 23 heavy (non-hydrogen) atoms. The van der Waals surface area contributed by atoms with Gasteiger partial charge >= 0.3 is 0 Å². The average molecular weight is 333 g/mol. The van der Waals surface area contributed by atoms with Crippen molar-refractivity contribution in [2.45, 2.75) is 11.8 Å². The summed E-state index contributed by atoms with van der Waals surface area (Å²) < 4.78 is 23.1. The first-order chi connectivity index (χ1) is 10.6. The van der Waals surface area contributed by atoms with Crippen LogP contribution in [0.1, 0.15) is 11.3 Å². The van der Waals surface area contributed by atoms with Crippen molar-refractivity contribution in [3.8, 4) is 17.2 Å². The minimum atomic E-state index is -3.63. The van der Waals surface area contributed by atoms with E-state index in [2.05, 4.69) is 4.98 Å². The zero-order valence-corrected chi connectivity index (χ0v) is 13.0. The summed E-state index contributed by atoms with van der Waals surface area (Å²) in [6, 6.07) is 6.50. The first kappa shape index (κ1) is 16.4. The number of aromatic nitrogens is 1. The molecule has 2 rings (SSSR count). The van der Waals surface area contributed by atoms with Gasteiger partial charge in [0.2, 0.25) is 0 Å². The smallest absolute Gasteiger partial charge is 0.278 e. The number of rotatable bonds is 3. The Morgan fingerprint density at radius 2 is 1.91 bits per heavy atom. The van der Waals surface area contributed by atoms with Crippen LogP contribution in [0.15, 0.2) is 34.0 Å². The van der Waals surface area contributed by atoms with Gasteiger partial charge in [0.1, 0.15) is 11.6 Å². The molecule has 0 bridgehead atoms. The standard InChI is InChI=1S/C14H11N3O5S/c1-8-5-11(12(7-15)14(18)16-8)10-4-3-9(23(2,21)22)6-13(10)17(19)20/h3-6H,1-2H3,(H,16,18). The zero-order valence-electron chi connectivity index (χ0n) is 12.2. The molecular formula is C14H11N3O5S. The van der Waals surface area contributed by atoms with Crippen LogP contribution in [0.3, 0.4) is 0 Å². The summed E-state index contributed by atoms with van der Waals surface area (Å²) in [5.41, 5.74) is -0.914. The van der Waals surface area contributed by atoms with Gasteiger partial charge in [0, 0.05) is 23.6 Å². The predicted molar refractivity (Wildman–Crippen MR) is 81.7 cm³/mol. The van der Waals surface area contributed by atoms with Crippen molar-refractivity contribution < 1.29 is 13.3 Å². The molecule has 1 aromatic carbocycles. The summed E-state index contributed by atoms with van der Waals surface area (Å²) in [5, 5.41) is 20.4. The zero-order chi connectivity index (χ0) is 17.4. The molecule has 0 aliphatic rings. The number of nitriles is 1. The first-order valence-corrected chi connectivity index (χ1v) is 8.17. The molecular weight excluding hydrogens is 322 g/mol. The quantitative estimate of drug-likeness (QED) is 0.668. The van der Waals surface area contributed by atoms with Gasteiger partial charge < -0.3 is 4.98 Å². The highest BCUT2D eigenvalue weighted by atomic mass is 32.2. The van der Waals surface area contributed by atoms with Crippen molar-refractivity contribution in [3.05, 3.63) is 56.0 Å². The Kier molecular flexibility index (Phi) is 4.03. The van der Waals surface area contributed by atoms with Crippen LogP contribution in [0.5, 0.6) is 0 Å². The van der Waals surface area contributed by atoms with E-state index >= 15 is 0 Å². The normalized spacial score (nSPS) is 11.0. The summed E-state index contributed by atoms with van der Waals surface area (Å²) in [6.45, 7) is 1.57. The van der Waals surface area contributed by atoms with Gasteiger partial charge in [-0.05, 0) is 25.1 Å². The molecule has 118 valence electrons. The van der Waals surface area contributed by atoms with Gasteiger partial charge in [-0.15, -0.1) is 0 Å². The van der Waals surface area contributed by atoms with Crippen molar-refractivity contribution in [2.24, 2.45) is 0 Å². The maximum absolute atomic E-state index is 11.8. The number of nitrogens with zero attached hydrogens (tertiary/aromatic N) is 2. The van der Waals surface area contributed by atoms with Crippen LogP contribution < -0.4 is 5.56 Å². The lowest BCUT2D eigenvalue weighted by atomic mass is 9.99. The summed E-state index contributed by atoms with van der Waals surface area (Å²) in [7, 11) is -3.63. The van der Waals surface area contributed by atoms with E-state index in [1.54, 1.807) is 13.0 Å². The number of hydrogen-bond donors (Lipinski definition) is 1. The Bertz CT molecular complexity index is 1020. The third-order valence-electron chi connectivity index (χ3n) is 3.16. The van der Waals surface area contributed by atoms with Gasteiger partial charge in [0.05, 0.1) is 15.4 Å². The molecule has 0 saturated heterocycles.